The van der Waals surface area contributed by atoms with Gasteiger partial charge in [-0.15, -0.1) is 0 Å². The number of piperazine rings is 1. The molecule has 2 atom stereocenters. The molecule has 2 heteroatoms. The summed E-state index contributed by atoms with van der Waals surface area (Å²) in [7, 11) is 0. The molecule has 0 aromatic heterocycles. The number of benzene rings is 1. The van der Waals surface area contributed by atoms with Crippen LogP contribution in [0.25, 0.3) is 0 Å². The van der Waals surface area contributed by atoms with E-state index < -0.39 is 0 Å². The van der Waals surface area contributed by atoms with Crippen molar-refractivity contribution in [2.75, 3.05) is 13.1 Å². The van der Waals surface area contributed by atoms with E-state index in [9.17, 15) is 0 Å². The van der Waals surface area contributed by atoms with E-state index in [1.807, 2.05) is 0 Å². The van der Waals surface area contributed by atoms with Crippen LogP contribution >= 0.6 is 0 Å². The molecule has 2 rings (SSSR count). The van der Waals surface area contributed by atoms with Gasteiger partial charge < -0.3 is 5.32 Å². The Hall–Kier alpha value is -0.860. The van der Waals surface area contributed by atoms with Crippen LogP contribution in [0.5, 0.6) is 0 Å². The highest BCUT2D eigenvalue weighted by Crippen LogP contribution is 2.30. The summed E-state index contributed by atoms with van der Waals surface area (Å²) in [6, 6.07) is 12.1. The minimum absolute atomic E-state index is 0.213. The predicted octanol–water partition coefficient (Wildman–Crippen LogP) is 4.38. The highest BCUT2D eigenvalue weighted by Gasteiger charge is 2.35. The van der Waals surface area contributed by atoms with Crippen molar-refractivity contribution >= 4 is 0 Å². The van der Waals surface area contributed by atoms with Crippen molar-refractivity contribution in [1.82, 2.24) is 10.2 Å². The fourth-order valence-electron chi connectivity index (χ4n) is 3.42. The predicted molar refractivity (Wildman–Crippen MR) is 91.6 cm³/mol. The molecule has 0 amide bonds. The van der Waals surface area contributed by atoms with E-state index in [0.29, 0.717) is 12.1 Å². The van der Waals surface area contributed by atoms with Crippen LogP contribution in [0, 0.1) is 0 Å². The molecule has 1 aromatic carbocycles. The first-order valence-corrected chi connectivity index (χ1v) is 8.59. The van der Waals surface area contributed by atoms with Gasteiger partial charge in [-0.05, 0) is 32.8 Å². The van der Waals surface area contributed by atoms with Crippen molar-refractivity contribution < 1.29 is 0 Å². The Kier molecular flexibility index (Phi) is 5.83. The van der Waals surface area contributed by atoms with E-state index in [2.05, 4.69) is 68.2 Å². The van der Waals surface area contributed by atoms with Crippen molar-refractivity contribution in [3.8, 4) is 0 Å². The lowest BCUT2D eigenvalue weighted by atomic mass is 9.92. The van der Waals surface area contributed by atoms with Crippen LogP contribution in [0.15, 0.2) is 30.3 Å². The lowest BCUT2D eigenvalue weighted by Gasteiger charge is -2.47. The summed E-state index contributed by atoms with van der Waals surface area (Å²) in [5.41, 5.74) is 1.66. The molecule has 1 saturated heterocycles. The molecule has 1 heterocycles. The second-order valence-electron chi connectivity index (χ2n) is 7.21. The molecule has 0 bridgehead atoms. The molecule has 1 fully saturated rings. The Morgan fingerprint density at radius 3 is 2.62 bits per heavy atom. The third-order valence-electron chi connectivity index (χ3n) is 4.73. The Labute approximate surface area is 130 Å². The number of unbranched alkanes of at least 4 members (excludes halogenated alkanes) is 2. The first kappa shape index (κ1) is 16.5. The summed E-state index contributed by atoms with van der Waals surface area (Å²) in [4.78, 5) is 2.72. The summed E-state index contributed by atoms with van der Waals surface area (Å²) in [5.74, 6) is 0. The highest BCUT2D eigenvalue weighted by molar-refractivity contribution is 5.21. The van der Waals surface area contributed by atoms with Crippen molar-refractivity contribution in [2.24, 2.45) is 0 Å². The van der Waals surface area contributed by atoms with Crippen molar-refractivity contribution in [3.63, 3.8) is 0 Å². The van der Waals surface area contributed by atoms with Crippen LogP contribution in [-0.2, 0) is 0 Å². The minimum Gasteiger partial charge on any atom is -0.309 e. The van der Waals surface area contributed by atoms with Gasteiger partial charge in [-0.2, -0.15) is 0 Å². The zero-order valence-corrected chi connectivity index (χ0v) is 14.2. The number of rotatable bonds is 6. The molecule has 118 valence electrons. The van der Waals surface area contributed by atoms with Gasteiger partial charge in [0, 0.05) is 30.7 Å². The SMILES string of the molecule is CCCCCC(C)N1CC(C)(C)NCC1c1ccccc1. The molecule has 1 aliphatic rings. The highest BCUT2D eigenvalue weighted by atomic mass is 15.3. The van der Waals surface area contributed by atoms with Gasteiger partial charge in [-0.1, -0.05) is 56.5 Å². The van der Waals surface area contributed by atoms with Gasteiger partial charge in [0.1, 0.15) is 0 Å². The molecule has 0 radical (unpaired) electrons. The molecule has 21 heavy (non-hydrogen) atoms. The molecule has 2 unspecified atom stereocenters. The second-order valence-corrected chi connectivity index (χ2v) is 7.21. The molecule has 2 nitrogen and oxygen atoms in total. The monoisotopic (exact) mass is 288 g/mol. The fourth-order valence-corrected chi connectivity index (χ4v) is 3.42. The molecule has 0 saturated carbocycles. The van der Waals surface area contributed by atoms with E-state index in [0.717, 1.165) is 13.1 Å². The molecule has 1 aliphatic heterocycles. The van der Waals surface area contributed by atoms with E-state index in [1.165, 1.54) is 31.2 Å². The first-order valence-electron chi connectivity index (χ1n) is 8.59. The molecule has 1 N–H and O–H groups in total. The summed E-state index contributed by atoms with van der Waals surface area (Å²) >= 11 is 0. The van der Waals surface area contributed by atoms with Crippen LogP contribution in [0.1, 0.15) is 65.0 Å². The van der Waals surface area contributed by atoms with Crippen molar-refractivity contribution in [1.29, 1.82) is 0 Å². The quantitative estimate of drug-likeness (QED) is 0.781. The Balaban J connectivity index is 2.10. The summed E-state index contributed by atoms with van der Waals surface area (Å²) in [5, 5.41) is 3.72. The average Bonchev–Trinajstić information content (AvgIpc) is 2.47. The number of nitrogens with zero attached hydrogens (tertiary/aromatic N) is 1. The van der Waals surface area contributed by atoms with Gasteiger partial charge in [-0.25, -0.2) is 0 Å². The van der Waals surface area contributed by atoms with Crippen LogP contribution < -0.4 is 5.32 Å². The third kappa shape index (κ3) is 4.55. The topological polar surface area (TPSA) is 15.3 Å². The van der Waals surface area contributed by atoms with Gasteiger partial charge in [-0.3, -0.25) is 4.90 Å². The van der Waals surface area contributed by atoms with Crippen LogP contribution in [0.2, 0.25) is 0 Å². The lowest BCUT2D eigenvalue weighted by molar-refractivity contribution is 0.0555. The first-order chi connectivity index (χ1) is 10.0. The molecule has 1 aromatic rings. The van der Waals surface area contributed by atoms with Gasteiger partial charge >= 0.3 is 0 Å². The van der Waals surface area contributed by atoms with Gasteiger partial charge in [0.05, 0.1) is 0 Å². The van der Waals surface area contributed by atoms with E-state index in [-0.39, 0.29) is 5.54 Å². The third-order valence-corrected chi connectivity index (χ3v) is 4.73. The van der Waals surface area contributed by atoms with E-state index in [1.54, 1.807) is 0 Å². The summed E-state index contributed by atoms with van der Waals surface area (Å²) in [6.07, 6.45) is 5.33. The Morgan fingerprint density at radius 1 is 1.24 bits per heavy atom. The average molecular weight is 288 g/mol. The second kappa shape index (κ2) is 7.42. The normalized spacial score (nSPS) is 23.9. The van der Waals surface area contributed by atoms with Crippen molar-refractivity contribution in [3.05, 3.63) is 35.9 Å². The van der Waals surface area contributed by atoms with Crippen LogP contribution in [-0.4, -0.2) is 29.6 Å². The van der Waals surface area contributed by atoms with E-state index in [4.69, 9.17) is 0 Å². The maximum absolute atomic E-state index is 3.72. The number of hydrogen-bond donors (Lipinski definition) is 1. The van der Waals surface area contributed by atoms with Crippen LogP contribution in [0.4, 0.5) is 0 Å². The van der Waals surface area contributed by atoms with E-state index >= 15 is 0 Å². The number of hydrogen-bond acceptors (Lipinski definition) is 2. The maximum Gasteiger partial charge on any atom is 0.0476 e. The van der Waals surface area contributed by atoms with Gasteiger partial charge in [0.2, 0.25) is 0 Å². The summed E-state index contributed by atoms with van der Waals surface area (Å²) < 4.78 is 0. The summed E-state index contributed by atoms with van der Waals surface area (Å²) in [6.45, 7) is 11.5. The smallest absolute Gasteiger partial charge is 0.0476 e. The zero-order valence-electron chi connectivity index (χ0n) is 14.2. The van der Waals surface area contributed by atoms with Gasteiger partial charge in [0.15, 0.2) is 0 Å². The largest absolute Gasteiger partial charge is 0.309 e. The van der Waals surface area contributed by atoms with Crippen LogP contribution in [0.3, 0.4) is 0 Å². The fraction of sp³-hybridized carbons (Fsp3) is 0.684. The molecular weight excluding hydrogens is 256 g/mol. The minimum atomic E-state index is 0.213. The Bertz CT molecular complexity index is 413. The Morgan fingerprint density at radius 2 is 1.95 bits per heavy atom. The molecule has 0 spiro atoms. The molecule has 0 aliphatic carbocycles. The van der Waals surface area contributed by atoms with Crippen molar-refractivity contribution in [2.45, 2.75) is 71.0 Å². The molecular formula is C19H32N2. The maximum atomic E-state index is 3.72. The van der Waals surface area contributed by atoms with Gasteiger partial charge in [0.25, 0.3) is 0 Å². The lowest BCUT2D eigenvalue weighted by Crippen LogP contribution is -2.60. The standard InChI is InChI=1S/C19H32N2/c1-5-6-8-11-16(2)21-15-19(3,4)20-14-18(21)17-12-9-7-10-13-17/h7,9-10,12-13,16,18,20H,5-6,8,11,14-15H2,1-4H3. The zero-order chi connectivity index (χ0) is 15.3. The number of nitrogens with one attached hydrogen (secondary N) is 1.